The standard InChI is InChI=1S/C20H14N4S4/c25-18-15-6-5-13(23-15)8-12-2-1-10(21-12)7-11-3-4-14(22-11)9-16-19(26)20(27)17(18)24(16)28/h1-9,21-23,25,28H. The normalized spacial score (nSPS) is 16.2. The molecule has 3 aromatic rings. The molecule has 8 heteroatoms. The Morgan fingerprint density at radius 2 is 1.32 bits per heavy atom. The highest BCUT2D eigenvalue weighted by atomic mass is 32.1. The quantitative estimate of drug-likeness (QED) is 0.277. The summed E-state index contributed by atoms with van der Waals surface area (Å²) in [7, 11) is 0. The maximum Gasteiger partial charge on any atom is 0.0873 e. The van der Waals surface area contributed by atoms with Gasteiger partial charge in [0.25, 0.3) is 0 Å². The lowest BCUT2D eigenvalue weighted by atomic mass is 10.2. The number of thiocarbonyl (C=S) groups is 2. The lowest BCUT2D eigenvalue weighted by molar-refractivity contribution is 0.828. The molecule has 3 N–H and O–H groups in total. The van der Waals surface area contributed by atoms with Gasteiger partial charge in [-0.15, -0.1) is 12.6 Å². The van der Waals surface area contributed by atoms with Crippen LogP contribution in [0.1, 0.15) is 22.8 Å². The van der Waals surface area contributed by atoms with Crippen LogP contribution in [0.25, 0.3) is 23.1 Å². The number of nitrogens with zero attached hydrogens (tertiary/aromatic N) is 1. The zero-order chi connectivity index (χ0) is 19.4. The van der Waals surface area contributed by atoms with Crippen molar-refractivity contribution in [2.75, 3.05) is 0 Å². The molecule has 0 spiro atoms. The molecule has 0 radical (unpaired) electrons. The minimum atomic E-state index is 0.567. The van der Waals surface area contributed by atoms with Crippen LogP contribution >= 0.6 is 49.9 Å². The number of thiol groups is 2. The van der Waals surface area contributed by atoms with E-state index in [0.717, 1.165) is 39.2 Å². The molecule has 5 rings (SSSR count). The van der Waals surface area contributed by atoms with Crippen LogP contribution in [0.5, 0.6) is 0 Å². The number of hydrogen-bond donors (Lipinski definition) is 5. The summed E-state index contributed by atoms with van der Waals surface area (Å²) < 4.78 is 1.71. The van der Waals surface area contributed by atoms with Crippen LogP contribution in [0.2, 0.25) is 0 Å². The van der Waals surface area contributed by atoms with E-state index in [1.165, 1.54) is 0 Å². The van der Waals surface area contributed by atoms with Crippen molar-refractivity contribution >= 4 is 82.7 Å². The Bertz CT molecular complexity index is 1330. The predicted molar refractivity (Wildman–Crippen MR) is 129 cm³/mol. The summed E-state index contributed by atoms with van der Waals surface area (Å²) in [6.07, 6.45) is 6.05. The van der Waals surface area contributed by atoms with E-state index < -0.39 is 0 Å². The molecule has 0 aromatic carbocycles. The minimum absolute atomic E-state index is 0.567. The van der Waals surface area contributed by atoms with E-state index >= 15 is 0 Å². The van der Waals surface area contributed by atoms with Gasteiger partial charge in [0.2, 0.25) is 0 Å². The SMILES string of the molecule is S=C1C(=S)C2=C(S)c3ccc([nH]3)C=c3ccc([nH]3)=Cc3ccc([nH]3)C=C1N2S. The number of nitrogens with one attached hydrogen (secondary N) is 3. The first kappa shape index (κ1) is 17.8. The number of H-pyrrole nitrogens is 3. The third-order valence-corrected chi connectivity index (χ3v) is 6.47. The molecule has 0 atom stereocenters. The minimum Gasteiger partial charge on any atom is -0.355 e. The van der Waals surface area contributed by atoms with Crippen molar-refractivity contribution in [1.29, 1.82) is 0 Å². The van der Waals surface area contributed by atoms with Crippen molar-refractivity contribution in [3.05, 3.63) is 81.3 Å². The number of fused-ring (bicyclic) bond motifs is 8. The summed E-state index contributed by atoms with van der Waals surface area (Å²) in [6.45, 7) is 0. The molecular weight excluding hydrogens is 425 g/mol. The van der Waals surface area contributed by atoms with Gasteiger partial charge < -0.3 is 15.0 Å². The van der Waals surface area contributed by atoms with E-state index in [9.17, 15) is 0 Å². The summed E-state index contributed by atoms with van der Waals surface area (Å²) in [5, 5.41) is 2.01. The maximum atomic E-state index is 5.61. The molecule has 0 saturated carbocycles. The van der Waals surface area contributed by atoms with Gasteiger partial charge in [0.15, 0.2) is 0 Å². The number of rotatable bonds is 0. The zero-order valence-electron chi connectivity index (χ0n) is 14.4. The molecule has 0 aliphatic carbocycles. The number of aromatic amines is 3. The van der Waals surface area contributed by atoms with Gasteiger partial charge in [-0.05, 0) is 54.6 Å². The smallest absolute Gasteiger partial charge is 0.0873 e. The molecule has 28 heavy (non-hydrogen) atoms. The van der Waals surface area contributed by atoms with Crippen molar-refractivity contribution in [2.45, 2.75) is 0 Å². The third-order valence-electron chi connectivity index (χ3n) is 4.66. The van der Waals surface area contributed by atoms with Crippen molar-refractivity contribution in [2.24, 2.45) is 0 Å². The van der Waals surface area contributed by atoms with Gasteiger partial charge in [-0.3, -0.25) is 4.31 Å². The summed E-state index contributed by atoms with van der Waals surface area (Å²) >= 11 is 20.6. The first-order valence-electron chi connectivity index (χ1n) is 8.49. The van der Waals surface area contributed by atoms with Gasteiger partial charge in [-0.25, -0.2) is 0 Å². The first-order valence-corrected chi connectivity index (χ1v) is 10.2. The van der Waals surface area contributed by atoms with E-state index in [1.807, 2.05) is 48.6 Å². The van der Waals surface area contributed by atoms with E-state index in [4.69, 9.17) is 37.1 Å². The summed E-state index contributed by atoms with van der Waals surface area (Å²) in [6, 6.07) is 12.1. The fourth-order valence-corrected chi connectivity index (χ4v) is 4.85. The van der Waals surface area contributed by atoms with Gasteiger partial charge >= 0.3 is 0 Å². The average Bonchev–Trinajstić information content (AvgIpc) is 3.43. The number of aromatic nitrogens is 3. The molecule has 138 valence electrons. The van der Waals surface area contributed by atoms with E-state index in [2.05, 4.69) is 33.8 Å². The Morgan fingerprint density at radius 1 is 0.714 bits per heavy atom. The van der Waals surface area contributed by atoms with E-state index in [-0.39, 0.29) is 0 Å². The Labute approximate surface area is 182 Å². The van der Waals surface area contributed by atoms with E-state index in [0.29, 0.717) is 20.3 Å². The Balaban J connectivity index is 1.80. The highest BCUT2D eigenvalue weighted by molar-refractivity contribution is 7.92. The summed E-state index contributed by atoms with van der Waals surface area (Å²) in [5.41, 5.74) is 5.17. The summed E-state index contributed by atoms with van der Waals surface area (Å²) in [4.78, 5) is 12.0. The largest absolute Gasteiger partial charge is 0.355 e. The molecular formula is C20H14N4S4. The second-order valence-corrected chi connectivity index (χ2v) is 8.21. The summed E-state index contributed by atoms with van der Waals surface area (Å²) in [5.74, 6) is 0. The Hall–Kier alpha value is -2.26. The van der Waals surface area contributed by atoms with Crippen LogP contribution in [-0.4, -0.2) is 29.0 Å². The molecule has 5 heterocycles. The molecule has 8 bridgehead atoms. The van der Waals surface area contributed by atoms with Crippen LogP contribution in [0.3, 0.4) is 0 Å². The monoisotopic (exact) mass is 438 g/mol. The number of allylic oxidation sites excluding steroid dienone is 2. The number of hydrogen-bond acceptors (Lipinski definition) is 5. The first-order chi connectivity index (χ1) is 13.5. The second-order valence-electron chi connectivity index (χ2n) is 6.55. The predicted octanol–water partition coefficient (Wildman–Crippen LogP) is 3.18. The second kappa shape index (κ2) is 6.66. The van der Waals surface area contributed by atoms with E-state index in [1.54, 1.807) is 4.31 Å². The van der Waals surface area contributed by atoms with Crippen LogP contribution in [0.4, 0.5) is 0 Å². The molecule has 3 aromatic heterocycles. The highest BCUT2D eigenvalue weighted by Gasteiger charge is 2.33. The van der Waals surface area contributed by atoms with Crippen LogP contribution in [-0.2, 0) is 0 Å². The van der Waals surface area contributed by atoms with Crippen molar-refractivity contribution in [3.8, 4) is 0 Å². The topological polar surface area (TPSA) is 50.6 Å². The molecule has 4 nitrogen and oxygen atoms in total. The zero-order valence-corrected chi connectivity index (χ0v) is 17.8. The lowest BCUT2D eigenvalue weighted by Crippen LogP contribution is -2.09. The third kappa shape index (κ3) is 2.93. The molecule has 2 aliphatic rings. The Morgan fingerprint density at radius 3 is 2.04 bits per heavy atom. The van der Waals surface area contributed by atoms with Crippen LogP contribution in [0, 0.1) is 0 Å². The van der Waals surface area contributed by atoms with Crippen molar-refractivity contribution in [3.63, 3.8) is 0 Å². The molecule has 0 unspecified atom stereocenters. The molecule has 2 aliphatic heterocycles. The van der Waals surface area contributed by atoms with Gasteiger partial charge in [-0.1, -0.05) is 37.3 Å². The highest BCUT2D eigenvalue weighted by Crippen LogP contribution is 2.37. The molecule has 1 saturated heterocycles. The lowest BCUT2D eigenvalue weighted by Gasteiger charge is -2.14. The van der Waals surface area contributed by atoms with Gasteiger partial charge in [0.1, 0.15) is 0 Å². The average molecular weight is 439 g/mol. The van der Waals surface area contributed by atoms with Crippen molar-refractivity contribution in [1.82, 2.24) is 19.3 Å². The van der Waals surface area contributed by atoms with Gasteiger partial charge in [-0.2, -0.15) is 0 Å². The van der Waals surface area contributed by atoms with Crippen LogP contribution < -0.4 is 10.7 Å². The van der Waals surface area contributed by atoms with Crippen LogP contribution in [0.15, 0.2) is 47.8 Å². The Kier molecular flexibility index (Phi) is 4.24. The maximum absolute atomic E-state index is 5.61. The van der Waals surface area contributed by atoms with Gasteiger partial charge in [0, 0.05) is 27.8 Å². The van der Waals surface area contributed by atoms with Crippen molar-refractivity contribution < 1.29 is 0 Å². The van der Waals surface area contributed by atoms with Gasteiger partial charge in [0.05, 0.1) is 31.7 Å². The fourth-order valence-electron chi connectivity index (χ4n) is 3.31. The molecule has 0 amide bonds. The fraction of sp³-hybridized carbons (Fsp3) is 0. The molecule has 1 fully saturated rings.